The zero-order valence-corrected chi connectivity index (χ0v) is 10.8. The molecule has 1 amide bonds. The number of aldehydes is 1. The molecule has 0 unspecified atom stereocenters. The number of hydrogen-bond acceptors (Lipinski definition) is 3. The van der Waals surface area contributed by atoms with Crippen molar-refractivity contribution in [2.45, 2.75) is 25.8 Å². The number of rotatable bonds is 6. The number of nitrogens with zero attached hydrogens (tertiary/aromatic N) is 1. The van der Waals surface area contributed by atoms with Crippen molar-refractivity contribution in [1.82, 2.24) is 4.90 Å². The van der Waals surface area contributed by atoms with Gasteiger partial charge in [0.2, 0.25) is 0 Å². The first-order chi connectivity index (χ1) is 9.17. The van der Waals surface area contributed by atoms with Crippen molar-refractivity contribution in [2.75, 3.05) is 13.2 Å². The second-order valence-corrected chi connectivity index (χ2v) is 4.48. The van der Waals surface area contributed by atoms with Crippen LogP contribution in [0.4, 0.5) is 4.39 Å². The molecule has 1 aliphatic carbocycles. The summed E-state index contributed by atoms with van der Waals surface area (Å²) in [7, 11) is 0. The Labute approximate surface area is 111 Å². The van der Waals surface area contributed by atoms with Gasteiger partial charge < -0.3 is 9.64 Å². The van der Waals surface area contributed by atoms with Crippen LogP contribution in [-0.2, 0) is 4.79 Å². The van der Waals surface area contributed by atoms with Gasteiger partial charge in [-0.3, -0.25) is 9.59 Å². The van der Waals surface area contributed by atoms with Crippen LogP contribution in [0.3, 0.4) is 0 Å². The Bertz CT molecular complexity index is 486. The van der Waals surface area contributed by atoms with E-state index in [1.807, 2.05) is 6.92 Å². The average Bonchev–Trinajstić information content (AvgIpc) is 3.22. The van der Waals surface area contributed by atoms with E-state index in [0.29, 0.717) is 18.9 Å². The zero-order valence-electron chi connectivity index (χ0n) is 10.8. The molecule has 0 spiro atoms. The molecule has 102 valence electrons. The largest absolute Gasteiger partial charge is 0.480 e. The van der Waals surface area contributed by atoms with Crippen molar-refractivity contribution >= 4 is 12.2 Å². The quantitative estimate of drug-likeness (QED) is 0.739. The number of halogens is 1. The predicted octanol–water partition coefficient (Wildman–Crippen LogP) is 2.03. The molecule has 1 saturated carbocycles. The molecule has 0 saturated heterocycles. The lowest BCUT2D eigenvalue weighted by atomic mass is 10.2. The van der Waals surface area contributed by atoms with E-state index in [4.69, 9.17) is 4.74 Å². The summed E-state index contributed by atoms with van der Waals surface area (Å²) in [5.74, 6) is -0.963. The Balaban J connectivity index is 2.02. The smallest absolute Gasteiger partial charge is 0.260 e. The van der Waals surface area contributed by atoms with Gasteiger partial charge in [-0.05, 0) is 31.9 Å². The first-order valence-electron chi connectivity index (χ1n) is 6.33. The van der Waals surface area contributed by atoms with Crippen molar-refractivity contribution in [2.24, 2.45) is 0 Å². The van der Waals surface area contributed by atoms with Gasteiger partial charge in [0.05, 0.1) is 5.56 Å². The monoisotopic (exact) mass is 265 g/mol. The Morgan fingerprint density at radius 3 is 2.84 bits per heavy atom. The number of para-hydroxylation sites is 1. The number of benzene rings is 1. The van der Waals surface area contributed by atoms with Crippen molar-refractivity contribution in [3.63, 3.8) is 0 Å². The van der Waals surface area contributed by atoms with Gasteiger partial charge in [0.25, 0.3) is 5.91 Å². The van der Waals surface area contributed by atoms with Crippen molar-refractivity contribution in [3.8, 4) is 5.75 Å². The van der Waals surface area contributed by atoms with E-state index in [0.717, 1.165) is 12.8 Å². The van der Waals surface area contributed by atoms with Crippen LogP contribution in [0.5, 0.6) is 5.75 Å². The molecule has 1 fully saturated rings. The van der Waals surface area contributed by atoms with Gasteiger partial charge in [-0.1, -0.05) is 6.07 Å². The minimum absolute atomic E-state index is 0.113. The summed E-state index contributed by atoms with van der Waals surface area (Å²) < 4.78 is 18.7. The summed E-state index contributed by atoms with van der Waals surface area (Å²) in [6.45, 7) is 2.27. The summed E-state index contributed by atoms with van der Waals surface area (Å²) in [5.41, 5.74) is 0.113. The molecular weight excluding hydrogens is 249 g/mol. The SMILES string of the molecule is CCN(C(=O)COc1c(F)cccc1C=O)C1CC1. The number of hydrogen-bond donors (Lipinski definition) is 0. The van der Waals surface area contributed by atoms with Gasteiger partial charge in [-0.25, -0.2) is 4.39 Å². The number of amides is 1. The zero-order chi connectivity index (χ0) is 13.8. The van der Waals surface area contributed by atoms with E-state index in [1.54, 1.807) is 4.90 Å². The van der Waals surface area contributed by atoms with E-state index in [1.165, 1.54) is 18.2 Å². The molecule has 0 heterocycles. The van der Waals surface area contributed by atoms with Crippen molar-refractivity contribution < 1.29 is 18.7 Å². The molecule has 1 aliphatic rings. The number of carbonyl (C=O) groups is 2. The van der Waals surface area contributed by atoms with E-state index < -0.39 is 5.82 Å². The molecule has 1 aromatic carbocycles. The number of ether oxygens (including phenoxy) is 1. The van der Waals surface area contributed by atoms with Crippen LogP contribution >= 0.6 is 0 Å². The standard InChI is InChI=1S/C14H16FNO3/c1-2-16(11-6-7-11)13(18)9-19-14-10(8-17)4-3-5-12(14)15/h3-5,8,11H,2,6-7,9H2,1H3. The molecule has 0 aliphatic heterocycles. The van der Waals surface area contributed by atoms with Crippen LogP contribution in [-0.4, -0.2) is 36.3 Å². The lowest BCUT2D eigenvalue weighted by Crippen LogP contribution is -2.36. The first-order valence-corrected chi connectivity index (χ1v) is 6.33. The first kappa shape index (κ1) is 13.5. The van der Waals surface area contributed by atoms with E-state index in [-0.39, 0.29) is 23.8 Å². The Morgan fingerprint density at radius 2 is 2.26 bits per heavy atom. The molecule has 0 aromatic heterocycles. The van der Waals surface area contributed by atoms with E-state index in [2.05, 4.69) is 0 Å². The van der Waals surface area contributed by atoms with Crippen molar-refractivity contribution in [1.29, 1.82) is 0 Å². The Morgan fingerprint density at radius 1 is 1.53 bits per heavy atom. The molecule has 0 bridgehead atoms. The van der Waals surface area contributed by atoms with Gasteiger partial charge in [0.15, 0.2) is 24.5 Å². The Kier molecular flexibility index (Phi) is 4.14. The summed E-state index contributed by atoms with van der Waals surface area (Å²) in [4.78, 5) is 24.4. The molecule has 1 aromatic rings. The summed E-state index contributed by atoms with van der Waals surface area (Å²) in [6, 6.07) is 4.38. The second-order valence-electron chi connectivity index (χ2n) is 4.48. The van der Waals surface area contributed by atoms with Crippen LogP contribution in [0.2, 0.25) is 0 Å². The van der Waals surface area contributed by atoms with E-state index >= 15 is 0 Å². The van der Waals surface area contributed by atoms with Crippen LogP contribution in [0.1, 0.15) is 30.1 Å². The topological polar surface area (TPSA) is 46.6 Å². The minimum atomic E-state index is -0.633. The van der Waals surface area contributed by atoms with Gasteiger partial charge in [0.1, 0.15) is 0 Å². The van der Waals surface area contributed by atoms with Crippen LogP contribution < -0.4 is 4.74 Å². The van der Waals surface area contributed by atoms with Gasteiger partial charge >= 0.3 is 0 Å². The van der Waals surface area contributed by atoms with Gasteiger partial charge in [0, 0.05) is 12.6 Å². The summed E-state index contributed by atoms with van der Waals surface area (Å²) >= 11 is 0. The van der Waals surface area contributed by atoms with Crippen molar-refractivity contribution in [3.05, 3.63) is 29.6 Å². The minimum Gasteiger partial charge on any atom is -0.480 e. The third-order valence-electron chi connectivity index (χ3n) is 3.11. The second kappa shape index (κ2) is 5.82. The molecule has 5 heteroatoms. The van der Waals surface area contributed by atoms with Gasteiger partial charge in [-0.15, -0.1) is 0 Å². The fraction of sp³-hybridized carbons (Fsp3) is 0.429. The highest BCUT2D eigenvalue weighted by Crippen LogP contribution is 2.27. The normalized spacial score (nSPS) is 14.0. The molecule has 4 nitrogen and oxygen atoms in total. The highest BCUT2D eigenvalue weighted by Gasteiger charge is 2.31. The third kappa shape index (κ3) is 3.10. The molecule has 0 atom stereocenters. The molecular formula is C14H16FNO3. The average molecular weight is 265 g/mol. The molecule has 0 N–H and O–H groups in total. The maximum Gasteiger partial charge on any atom is 0.260 e. The van der Waals surface area contributed by atoms with E-state index in [9.17, 15) is 14.0 Å². The fourth-order valence-electron chi connectivity index (χ4n) is 2.01. The summed E-state index contributed by atoms with van der Waals surface area (Å²) in [5, 5.41) is 0. The predicted molar refractivity (Wildman–Crippen MR) is 67.7 cm³/mol. The van der Waals surface area contributed by atoms with Crippen LogP contribution in [0.25, 0.3) is 0 Å². The van der Waals surface area contributed by atoms with Crippen LogP contribution in [0.15, 0.2) is 18.2 Å². The number of likely N-dealkylation sites (N-methyl/N-ethyl adjacent to an activating group) is 1. The lowest BCUT2D eigenvalue weighted by Gasteiger charge is -2.20. The Hall–Kier alpha value is -1.91. The maximum atomic E-state index is 13.5. The van der Waals surface area contributed by atoms with Crippen LogP contribution in [0, 0.1) is 5.82 Å². The number of carbonyl (C=O) groups excluding carboxylic acids is 2. The third-order valence-corrected chi connectivity index (χ3v) is 3.11. The summed E-state index contributed by atoms with van der Waals surface area (Å²) in [6.07, 6.45) is 2.54. The molecule has 0 radical (unpaired) electrons. The highest BCUT2D eigenvalue weighted by atomic mass is 19.1. The fourth-order valence-corrected chi connectivity index (χ4v) is 2.01. The van der Waals surface area contributed by atoms with Gasteiger partial charge in [-0.2, -0.15) is 0 Å². The lowest BCUT2D eigenvalue weighted by molar-refractivity contribution is -0.133. The highest BCUT2D eigenvalue weighted by molar-refractivity contribution is 5.81. The molecule has 2 rings (SSSR count). The molecule has 19 heavy (non-hydrogen) atoms. The maximum absolute atomic E-state index is 13.5.